The zero-order chi connectivity index (χ0) is 16.6. The minimum atomic E-state index is -0.0500. The predicted octanol–water partition coefficient (Wildman–Crippen LogP) is 1.97. The van der Waals surface area contributed by atoms with E-state index in [9.17, 15) is 4.79 Å². The molecule has 0 aromatic carbocycles. The Hall–Kier alpha value is -1.95. The first kappa shape index (κ1) is 15.9. The molecule has 23 heavy (non-hydrogen) atoms. The molecule has 2 aromatic heterocycles. The summed E-state index contributed by atoms with van der Waals surface area (Å²) in [6.45, 7) is 11.7. The van der Waals surface area contributed by atoms with Gasteiger partial charge in [0, 0.05) is 37.0 Å². The Morgan fingerprint density at radius 1 is 1.30 bits per heavy atom. The van der Waals surface area contributed by atoms with E-state index in [1.807, 2.05) is 13.0 Å². The van der Waals surface area contributed by atoms with Crippen LogP contribution in [0, 0.1) is 12.8 Å². The van der Waals surface area contributed by atoms with Gasteiger partial charge in [0.05, 0.1) is 17.9 Å². The first-order chi connectivity index (χ1) is 10.8. The smallest absolute Gasteiger partial charge is 0.266 e. The summed E-state index contributed by atoms with van der Waals surface area (Å²) in [5.41, 5.74) is 1.87. The van der Waals surface area contributed by atoms with Crippen molar-refractivity contribution in [1.29, 1.82) is 0 Å². The molecule has 3 heterocycles. The third-order valence-corrected chi connectivity index (χ3v) is 4.32. The number of rotatable bonds is 4. The summed E-state index contributed by atoms with van der Waals surface area (Å²) in [6, 6.07) is 3.46. The third kappa shape index (κ3) is 3.52. The van der Waals surface area contributed by atoms with Gasteiger partial charge in [-0.25, -0.2) is 9.67 Å². The van der Waals surface area contributed by atoms with Gasteiger partial charge in [0.2, 0.25) is 0 Å². The fourth-order valence-electron chi connectivity index (χ4n) is 2.84. The van der Waals surface area contributed by atoms with Crippen molar-refractivity contribution in [3.05, 3.63) is 46.0 Å². The second-order valence-electron chi connectivity index (χ2n) is 7.40. The van der Waals surface area contributed by atoms with E-state index in [2.05, 4.69) is 35.8 Å². The maximum Gasteiger partial charge on any atom is 0.266 e. The summed E-state index contributed by atoms with van der Waals surface area (Å²) in [4.78, 5) is 18.6. The molecule has 0 unspecified atom stereocenters. The number of aromatic nitrogens is 3. The summed E-state index contributed by atoms with van der Waals surface area (Å²) in [7, 11) is 0. The van der Waals surface area contributed by atoms with Crippen LogP contribution >= 0.6 is 0 Å². The van der Waals surface area contributed by atoms with Gasteiger partial charge in [-0.3, -0.25) is 9.69 Å². The third-order valence-electron chi connectivity index (χ3n) is 4.32. The van der Waals surface area contributed by atoms with Crippen molar-refractivity contribution >= 4 is 0 Å². The predicted molar refractivity (Wildman–Crippen MR) is 87.2 cm³/mol. The van der Waals surface area contributed by atoms with Crippen molar-refractivity contribution < 1.29 is 4.42 Å². The number of aryl methyl sites for hydroxylation is 1. The fraction of sp³-hybridized carbons (Fsp3) is 0.588. The minimum absolute atomic E-state index is 0.0243. The van der Waals surface area contributed by atoms with Crippen LogP contribution in [0.3, 0.4) is 0 Å². The minimum Gasteiger partial charge on any atom is -0.448 e. The molecule has 6 nitrogen and oxygen atoms in total. The maximum absolute atomic E-state index is 12.0. The Bertz CT molecular complexity index is 736. The lowest BCUT2D eigenvalue weighted by Crippen LogP contribution is -2.49. The highest BCUT2D eigenvalue weighted by Gasteiger charge is 2.29. The monoisotopic (exact) mass is 316 g/mol. The Balaban J connectivity index is 1.60. The molecular formula is C17H24N4O2. The molecule has 0 saturated carbocycles. The SMILES string of the molecule is Cc1ocnc1CN1CC(Cn2nc(C(C)(C)C)ccc2=O)C1. The summed E-state index contributed by atoms with van der Waals surface area (Å²) < 4.78 is 6.84. The number of nitrogens with zero attached hydrogens (tertiary/aromatic N) is 4. The van der Waals surface area contributed by atoms with E-state index >= 15 is 0 Å². The van der Waals surface area contributed by atoms with Gasteiger partial charge < -0.3 is 4.42 Å². The van der Waals surface area contributed by atoms with Crippen molar-refractivity contribution in [2.75, 3.05) is 13.1 Å². The van der Waals surface area contributed by atoms with Gasteiger partial charge in [-0.05, 0) is 13.0 Å². The van der Waals surface area contributed by atoms with Crippen molar-refractivity contribution in [3.63, 3.8) is 0 Å². The molecule has 2 aromatic rings. The van der Waals surface area contributed by atoms with Gasteiger partial charge in [0.15, 0.2) is 6.39 Å². The number of hydrogen-bond donors (Lipinski definition) is 0. The van der Waals surface area contributed by atoms with E-state index in [0.717, 1.165) is 36.8 Å². The van der Waals surface area contributed by atoms with Crippen LogP contribution in [0.4, 0.5) is 0 Å². The number of oxazole rings is 1. The molecule has 0 atom stereocenters. The van der Waals surface area contributed by atoms with E-state index in [4.69, 9.17) is 4.42 Å². The van der Waals surface area contributed by atoms with E-state index in [1.165, 1.54) is 6.39 Å². The molecule has 0 N–H and O–H groups in total. The standard InChI is InChI=1S/C17H24N4O2/c1-12-14(18-11-23-12)10-20-7-13(8-20)9-21-16(22)6-5-15(19-21)17(2,3)4/h5-6,11,13H,7-10H2,1-4H3. The summed E-state index contributed by atoms with van der Waals surface area (Å²) in [5, 5.41) is 4.54. The van der Waals surface area contributed by atoms with E-state index in [-0.39, 0.29) is 11.0 Å². The Labute approximate surface area is 136 Å². The number of hydrogen-bond acceptors (Lipinski definition) is 5. The van der Waals surface area contributed by atoms with E-state index < -0.39 is 0 Å². The van der Waals surface area contributed by atoms with Crippen LogP contribution in [-0.2, 0) is 18.5 Å². The lowest BCUT2D eigenvalue weighted by atomic mass is 9.92. The van der Waals surface area contributed by atoms with Crippen molar-refractivity contribution in [2.24, 2.45) is 5.92 Å². The average molecular weight is 316 g/mol. The van der Waals surface area contributed by atoms with Crippen LogP contribution in [0.25, 0.3) is 0 Å². The van der Waals surface area contributed by atoms with Crippen LogP contribution in [0.2, 0.25) is 0 Å². The topological polar surface area (TPSA) is 64.2 Å². The van der Waals surface area contributed by atoms with Crippen molar-refractivity contribution in [3.8, 4) is 0 Å². The van der Waals surface area contributed by atoms with Crippen LogP contribution in [-0.4, -0.2) is 32.8 Å². The van der Waals surface area contributed by atoms with Gasteiger partial charge in [0.25, 0.3) is 5.56 Å². The summed E-state index contributed by atoms with van der Waals surface area (Å²) in [6.07, 6.45) is 1.49. The van der Waals surface area contributed by atoms with Gasteiger partial charge in [-0.2, -0.15) is 5.10 Å². The molecule has 0 spiro atoms. The van der Waals surface area contributed by atoms with Crippen LogP contribution < -0.4 is 5.56 Å². The molecule has 124 valence electrons. The molecule has 0 bridgehead atoms. The van der Waals surface area contributed by atoms with Gasteiger partial charge in [-0.15, -0.1) is 0 Å². The molecular weight excluding hydrogens is 292 g/mol. The Kier molecular flexibility index (Phi) is 4.10. The number of likely N-dealkylation sites (tertiary alicyclic amines) is 1. The van der Waals surface area contributed by atoms with Gasteiger partial charge >= 0.3 is 0 Å². The molecule has 0 radical (unpaired) electrons. The summed E-state index contributed by atoms with van der Waals surface area (Å²) >= 11 is 0. The Morgan fingerprint density at radius 3 is 2.65 bits per heavy atom. The first-order valence-electron chi connectivity index (χ1n) is 8.03. The van der Waals surface area contributed by atoms with Crippen molar-refractivity contribution in [2.45, 2.75) is 46.2 Å². The molecule has 3 rings (SSSR count). The lowest BCUT2D eigenvalue weighted by Gasteiger charge is -2.38. The zero-order valence-corrected chi connectivity index (χ0v) is 14.2. The van der Waals surface area contributed by atoms with Crippen LogP contribution in [0.15, 0.2) is 27.7 Å². The lowest BCUT2D eigenvalue weighted by molar-refractivity contribution is 0.0748. The molecule has 1 aliphatic rings. The second-order valence-corrected chi connectivity index (χ2v) is 7.40. The van der Waals surface area contributed by atoms with Crippen LogP contribution in [0.1, 0.15) is 37.9 Å². The molecule has 1 aliphatic heterocycles. The highest BCUT2D eigenvalue weighted by Crippen LogP contribution is 2.21. The van der Waals surface area contributed by atoms with Gasteiger partial charge in [0.1, 0.15) is 5.76 Å². The van der Waals surface area contributed by atoms with Crippen LogP contribution in [0.5, 0.6) is 0 Å². The summed E-state index contributed by atoms with van der Waals surface area (Å²) in [5.74, 6) is 1.34. The van der Waals surface area contributed by atoms with Gasteiger partial charge in [-0.1, -0.05) is 20.8 Å². The zero-order valence-electron chi connectivity index (χ0n) is 14.2. The Morgan fingerprint density at radius 2 is 2.04 bits per heavy atom. The normalized spacial score (nSPS) is 16.5. The second kappa shape index (κ2) is 5.92. The highest BCUT2D eigenvalue weighted by atomic mass is 16.3. The maximum atomic E-state index is 12.0. The fourth-order valence-corrected chi connectivity index (χ4v) is 2.84. The average Bonchev–Trinajstić information content (AvgIpc) is 2.82. The molecule has 6 heteroatoms. The highest BCUT2D eigenvalue weighted by molar-refractivity contribution is 5.11. The quantitative estimate of drug-likeness (QED) is 0.863. The molecule has 0 amide bonds. The molecule has 1 fully saturated rings. The molecule has 0 aliphatic carbocycles. The largest absolute Gasteiger partial charge is 0.448 e. The van der Waals surface area contributed by atoms with E-state index in [1.54, 1.807) is 10.7 Å². The first-order valence-corrected chi connectivity index (χ1v) is 8.03. The molecule has 1 saturated heterocycles. The van der Waals surface area contributed by atoms with Crippen molar-refractivity contribution in [1.82, 2.24) is 19.7 Å². The van der Waals surface area contributed by atoms with E-state index in [0.29, 0.717) is 12.5 Å².